The topological polar surface area (TPSA) is 70.4 Å². The van der Waals surface area contributed by atoms with Gasteiger partial charge in [0.15, 0.2) is 0 Å². The first-order chi connectivity index (χ1) is 11.1. The standard InChI is InChI=1S/C16H22N4O2S/c1-19-7-5-17-15(19)14(21)13-3-2-6-20(10-13)16(22)18-9-12-4-8-23-11-12/h4-5,7-8,11,13-14,21H,2-3,6,9-10H2,1H3,(H,18,22). The molecule has 6 nitrogen and oxygen atoms in total. The first-order valence-corrected chi connectivity index (χ1v) is 8.78. The number of nitrogens with zero attached hydrogens (tertiary/aromatic N) is 3. The van der Waals surface area contributed by atoms with Crippen molar-refractivity contribution in [1.29, 1.82) is 0 Å². The minimum Gasteiger partial charge on any atom is -0.385 e. The monoisotopic (exact) mass is 334 g/mol. The normalized spacial score (nSPS) is 19.6. The van der Waals surface area contributed by atoms with Crippen molar-refractivity contribution < 1.29 is 9.90 Å². The van der Waals surface area contributed by atoms with E-state index in [-0.39, 0.29) is 11.9 Å². The number of likely N-dealkylation sites (tertiary alicyclic amines) is 1. The van der Waals surface area contributed by atoms with Gasteiger partial charge in [-0.15, -0.1) is 0 Å². The third-order valence-electron chi connectivity index (χ3n) is 4.34. The molecule has 2 amide bonds. The number of aliphatic hydroxyl groups is 1. The largest absolute Gasteiger partial charge is 0.385 e. The molecule has 0 aromatic carbocycles. The van der Waals surface area contributed by atoms with Crippen molar-refractivity contribution in [2.45, 2.75) is 25.5 Å². The summed E-state index contributed by atoms with van der Waals surface area (Å²) >= 11 is 1.62. The lowest BCUT2D eigenvalue weighted by Crippen LogP contribution is -2.46. The molecular weight excluding hydrogens is 312 g/mol. The molecular formula is C16H22N4O2S. The first-order valence-electron chi connectivity index (χ1n) is 7.84. The Balaban J connectivity index is 1.57. The maximum absolute atomic E-state index is 12.3. The molecule has 0 radical (unpaired) electrons. The van der Waals surface area contributed by atoms with Gasteiger partial charge in [-0.05, 0) is 35.2 Å². The van der Waals surface area contributed by atoms with Crippen molar-refractivity contribution in [1.82, 2.24) is 19.8 Å². The summed E-state index contributed by atoms with van der Waals surface area (Å²) in [5.41, 5.74) is 1.12. The number of piperidine rings is 1. The average molecular weight is 334 g/mol. The number of hydrogen-bond donors (Lipinski definition) is 2. The molecule has 0 bridgehead atoms. The Bertz CT molecular complexity index is 640. The van der Waals surface area contributed by atoms with E-state index in [2.05, 4.69) is 10.3 Å². The van der Waals surface area contributed by atoms with Crippen molar-refractivity contribution in [2.75, 3.05) is 13.1 Å². The third-order valence-corrected chi connectivity index (χ3v) is 5.07. The van der Waals surface area contributed by atoms with Crippen LogP contribution in [0.25, 0.3) is 0 Å². The maximum atomic E-state index is 12.3. The SMILES string of the molecule is Cn1ccnc1C(O)C1CCCN(C(=O)NCc2ccsc2)C1. The van der Waals surface area contributed by atoms with E-state index in [1.165, 1.54) is 0 Å². The van der Waals surface area contributed by atoms with Crippen LogP contribution in [0.1, 0.15) is 30.3 Å². The average Bonchev–Trinajstić information content (AvgIpc) is 3.23. The zero-order valence-electron chi connectivity index (χ0n) is 13.2. The summed E-state index contributed by atoms with van der Waals surface area (Å²) in [6.07, 6.45) is 4.68. The molecule has 2 N–H and O–H groups in total. The summed E-state index contributed by atoms with van der Waals surface area (Å²) in [6.45, 7) is 1.84. The summed E-state index contributed by atoms with van der Waals surface area (Å²) in [6, 6.07) is 1.95. The highest BCUT2D eigenvalue weighted by molar-refractivity contribution is 7.07. The van der Waals surface area contributed by atoms with E-state index in [0.717, 1.165) is 24.9 Å². The molecule has 0 spiro atoms. The smallest absolute Gasteiger partial charge is 0.317 e. The van der Waals surface area contributed by atoms with E-state index < -0.39 is 6.10 Å². The van der Waals surface area contributed by atoms with Gasteiger partial charge in [0.05, 0.1) is 0 Å². The van der Waals surface area contributed by atoms with Crippen molar-refractivity contribution in [3.05, 3.63) is 40.6 Å². The minimum absolute atomic E-state index is 0.0248. The molecule has 124 valence electrons. The van der Waals surface area contributed by atoms with E-state index in [1.54, 1.807) is 22.4 Å². The minimum atomic E-state index is -0.637. The lowest BCUT2D eigenvalue weighted by Gasteiger charge is -2.34. The first kappa shape index (κ1) is 16.0. The number of aliphatic hydroxyl groups excluding tert-OH is 1. The van der Waals surface area contributed by atoms with Crippen LogP contribution >= 0.6 is 11.3 Å². The summed E-state index contributed by atoms with van der Waals surface area (Å²) in [5, 5.41) is 17.5. The van der Waals surface area contributed by atoms with E-state index in [4.69, 9.17) is 0 Å². The number of nitrogens with one attached hydrogen (secondary N) is 1. The second-order valence-corrected chi connectivity index (χ2v) is 6.76. The quantitative estimate of drug-likeness (QED) is 0.900. The van der Waals surface area contributed by atoms with Gasteiger partial charge in [-0.3, -0.25) is 0 Å². The van der Waals surface area contributed by atoms with Crippen LogP contribution in [0.4, 0.5) is 4.79 Å². The molecule has 2 atom stereocenters. The number of rotatable bonds is 4. The zero-order valence-corrected chi connectivity index (χ0v) is 14.0. The third kappa shape index (κ3) is 3.73. The fraction of sp³-hybridized carbons (Fsp3) is 0.500. The number of carbonyl (C=O) groups is 1. The summed E-state index contributed by atoms with van der Waals surface area (Å²) < 4.78 is 1.83. The van der Waals surface area contributed by atoms with Crippen LogP contribution in [0, 0.1) is 5.92 Å². The number of aromatic nitrogens is 2. The van der Waals surface area contributed by atoms with Gasteiger partial charge in [0, 0.05) is 45.0 Å². The molecule has 0 saturated carbocycles. The summed E-state index contributed by atoms with van der Waals surface area (Å²) in [7, 11) is 1.87. The van der Waals surface area contributed by atoms with E-state index in [0.29, 0.717) is 18.9 Å². The second-order valence-electron chi connectivity index (χ2n) is 5.98. The summed E-state index contributed by atoms with van der Waals surface area (Å²) in [4.78, 5) is 18.4. The molecule has 23 heavy (non-hydrogen) atoms. The molecule has 7 heteroatoms. The molecule has 3 heterocycles. The number of hydrogen-bond acceptors (Lipinski definition) is 4. The molecule has 1 aliphatic rings. The van der Waals surface area contributed by atoms with E-state index in [9.17, 15) is 9.90 Å². The van der Waals surface area contributed by atoms with Crippen LogP contribution < -0.4 is 5.32 Å². The lowest BCUT2D eigenvalue weighted by molar-refractivity contribution is 0.0532. The van der Waals surface area contributed by atoms with Gasteiger partial charge in [-0.2, -0.15) is 11.3 Å². The highest BCUT2D eigenvalue weighted by Gasteiger charge is 2.31. The van der Waals surface area contributed by atoms with Gasteiger partial charge in [-0.1, -0.05) is 0 Å². The highest BCUT2D eigenvalue weighted by Crippen LogP contribution is 2.28. The number of thiophene rings is 1. The van der Waals surface area contributed by atoms with Crippen LogP contribution in [0.2, 0.25) is 0 Å². The van der Waals surface area contributed by atoms with Crippen LogP contribution in [0.15, 0.2) is 29.2 Å². The van der Waals surface area contributed by atoms with Gasteiger partial charge in [0.1, 0.15) is 11.9 Å². The molecule has 0 aliphatic carbocycles. The number of imidazole rings is 1. The number of urea groups is 1. The van der Waals surface area contributed by atoms with E-state index in [1.807, 2.05) is 34.6 Å². The van der Waals surface area contributed by atoms with Crippen molar-refractivity contribution in [3.8, 4) is 0 Å². The van der Waals surface area contributed by atoms with Gasteiger partial charge in [0.25, 0.3) is 0 Å². The van der Waals surface area contributed by atoms with Crippen LogP contribution in [-0.2, 0) is 13.6 Å². The fourth-order valence-corrected chi connectivity index (χ4v) is 3.68. The molecule has 3 rings (SSSR count). The fourth-order valence-electron chi connectivity index (χ4n) is 3.01. The predicted octanol–water partition coefficient (Wildman–Crippen LogP) is 2.14. The molecule has 2 aromatic rings. The Kier molecular flexibility index (Phi) is 4.97. The van der Waals surface area contributed by atoms with Gasteiger partial charge < -0.3 is 19.9 Å². The Morgan fingerprint density at radius 2 is 2.48 bits per heavy atom. The van der Waals surface area contributed by atoms with Crippen LogP contribution in [0.5, 0.6) is 0 Å². The number of amides is 2. The Morgan fingerprint density at radius 3 is 3.17 bits per heavy atom. The predicted molar refractivity (Wildman–Crippen MR) is 89.0 cm³/mol. The molecule has 2 unspecified atom stereocenters. The molecule has 1 saturated heterocycles. The van der Waals surface area contributed by atoms with Crippen molar-refractivity contribution in [2.24, 2.45) is 13.0 Å². The van der Waals surface area contributed by atoms with Gasteiger partial charge in [-0.25, -0.2) is 9.78 Å². The van der Waals surface area contributed by atoms with Gasteiger partial charge >= 0.3 is 6.03 Å². The van der Waals surface area contributed by atoms with Crippen LogP contribution in [-0.4, -0.2) is 38.7 Å². The van der Waals surface area contributed by atoms with Crippen molar-refractivity contribution in [3.63, 3.8) is 0 Å². The lowest BCUT2D eigenvalue weighted by atomic mass is 9.92. The molecule has 2 aromatic heterocycles. The Hall–Kier alpha value is -1.86. The molecule has 1 aliphatic heterocycles. The Labute approximate surface area is 139 Å². The van der Waals surface area contributed by atoms with E-state index >= 15 is 0 Å². The number of carbonyl (C=O) groups excluding carboxylic acids is 1. The Morgan fingerprint density at radius 1 is 1.61 bits per heavy atom. The van der Waals surface area contributed by atoms with Crippen LogP contribution in [0.3, 0.4) is 0 Å². The summed E-state index contributed by atoms with van der Waals surface area (Å²) in [5.74, 6) is 0.687. The number of aryl methyl sites for hydroxylation is 1. The zero-order chi connectivity index (χ0) is 16.2. The maximum Gasteiger partial charge on any atom is 0.317 e. The van der Waals surface area contributed by atoms with Gasteiger partial charge in [0.2, 0.25) is 0 Å². The van der Waals surface area contributed by atoms with Crippen molar-refractivity contribution >= 4 is 17.4 Å². The highest BCUT2D eigenvalue weighted by atomic mass is 32.1. The second kappa shape index (κ2) is 7.14. The molecule has 1 fully saturated rings.